The second kappa shape index (κ2) is 5.38. The molecule has 2 aromatic heterocycles. The zero-order valence-corrected chi connectivity index (χ0v) is 12.6. The third-order valence-corrected chi connectivity index (χ3v) is 3.67. The van der Waals surface area contributed by atoms with Gasteiger partial charge in [0.05, 0.1) is 16.8 Å². The van der Waals surface area contributed by atoms with Crippen LogP contribution in [0.1, 0.15) is 56.4 Å². The van der Waals surface area contributed by atoms with Gasteiger partial charge in [-0.3, -0.25) is 4.68 Å². The highest BCUT2D eigenvalue weighted by atomic mass is 32.1. The van der Waals surface area contributed by atoms with Crippen molar-refractivity contribution in [2.45, 2.75) is 52.2 Å². The lowest BCUT2D eigenvalue weighted by atomic mass is 9.90. The van der Waals surface area contributed by atoms with Gasteiger partial charge in [0.15, 0.2) is 0 Å². The summed E-state index contributed by atoms with van der Waals surface area (Å²) in [6, 6.07) is 0. The lowest BCUT2D eigenvalue weighted by molar-refractivity contribution is 0.221. The van der Waals surface area contributed by atoms with Gasteiger partial charge >= 0.3 is 0 Å². The average molecular weight is 280 g/mol. The van der Waals surface area contributed by atoms with Crippen LogP contribution in [0.3, 0.4) is 0 Å². The standard InChI is InChI=1S/C13H20N4OS/c1-5-6-17-8-9(7-14-17)10(18)11-12(13(2,3)4)15-16-19-11/h7-8,10,18H,5-6H2,1-4H3. The molecule has 0 radical (unpaired) electrons. The summed E-state index contributed by atoms with van der Waals surface area (Å²) in [5.41, 5.74) is 1.53. The molecule has 104 valence electrons. The molecule has 0 saturated carbocycles. The highest BCUT2D eigenvalue weighted by Crippen LogP contribution is 2.33. The molecule has 1 atom stereocenters. The van der Waals surface area contributed by atoms with Gasteiger partial charge in [-0.25, -0.2) is 0 Å². The highest BCUT2D eigenvalue weighted by Gasteiger charge is 2.27. The minimum absolute atomic E-state index is 0.122. The van der Waals surface area contributed by atoms with Gasteiger partial charge in [-0.05, 0) is 18.0 Å². The van der Waals surface area contributed by atoms with Crippen LogP contribution in [0.4, 0.5) is 0 Å². The molecule has 0 aliphatic carbocycles. The summed E-state index contributed by atoms with van der Waals surface area (Å²) in [5.74, 6) is 0. The summed E-state index contributed by atoms with van der Waals surface area (Å²) < 4.78 is 5.83. The molecule has 1 N–H and O–H groups in total. The van der Waals surface area contributed by atoms with Gasteiger partial charge in [0.25, 0.3) is 0 Å². The maximum atomic E-state index is 10.5. The maximum absolute atomic E-state index is 10.5. The van der Waals surface area contributed by atoms with Crippen LogP contribution in [-0.4, -0.2) is 24.5 Å². The largest absolute Gasteiger partial charge is 0.383 e. The summed E-state index contributed by atoms with van der Waals surface area (Å²) >= 11 is 1.25. The minimum atomic E-state index is -0.695. The summed E-state index contributed by atoms with van der Waals surface area (Å²) in [5, 5.41) is 18.9. The molecule has 0 aromatic carbocycles. The van der Waals surface area contributed by atoms with E-state index in [4.69, 9.17) is 0 Å². The number of aromatic nitrogens is 4. The Morgan fingerprint density at radius 2 is 2.16 bits per heavy atom. The number of hydrogen-bond acceptors (Lipinski definition) is 5. The number of nitrogens with zero attached hydrogens (tertiary/aromatic N) is 4. The van der Waals surface area contributed by atoms with E-state index in [0.29, 0.717) is 0 Å². The summed E-state index contributed by atoms with van der Waals surface area (Å²) in [4.78, 5) is 0.809. The molecule has 2 aromatic rings. The molecule has 0 aliphatic rings. The molecular formula is C13H20N4OS. The zero-order chi connectivity index (χ0) is 14.0. The fourth-order valence-electron chi connectivity index (χ4n) is 1.92. The van der Waals surface area contributed by atoms with E-state index in [1.54, 1.807) is 6.20 Å². The third kappa shape index (κ3) is 3.01. The van der Waals surface area contributed by atoms with Gasteiger partial charge in [-0.1, -0.05) is 32.2 Å². The fourth-order valence-corrected chi connectivity index (χ4v) is 2.80. The van der Waals surface area contributed by atoms with Crippen molar-refractivity contribution in [1.29, 1.82) is 0 Å². The van der Waals surface area contributed by atoms with Crippen LogP contribution in [0.25, 0.3) is 0 Å². The topological polar surface area (TPSA) is 63.8 Å². The summed E-state index contributed by atoms with van der Waals surface area (Å²) in [6.07, 6.45) is 3.93. The van der Waals surface area contributed by atoms with Crippen molar-refractivity contribution in [1.82, 2.24) is 19.4 Å². The minimum Gasteiger partial charge on any atom is -0.383 e. The SMILES string of the molecule is CCCn1cc(C(O)c2snnc2C(C)(C)C)cn1. The Morgan fingerprint density at radius 3 is 2.79 bits per heavy atom. The van der Waals surface area contributed by atoms with Gasteiger partial charge in [0.2, 0.25) is 0 Å². The van der Waals surface area contributed by atoms with E-state index in [1.165, 1.54) is 11.5 Å². The molecule has 0 spiro atoms. The van der Waals surface area contributed by atoms with Crippen LogP contribution in [0, 0.1) is 0 Å². The van der Waals surface area contributed by atoms with Crippen LogP contribution in [-0.2, 0) is 12.0 Å². The van der Waals surface area contributed by atoms with Crippen molar-refractivity contribution >= 4 is 11.5 Å². The molecule has 0 saturated heterocycles. The van der Waals surface area contributed by atoms with E-state index < -0.39 is 6.10 Å². The molecular weight excluding hydrogens is 260 g/mol. The first-order chi connectivity index (χ1) is 8.93. The number of aliphatic hydroxyl groups is 1. The van der Waals surface area contributed by atoms with Crippen LogP contribution in [0.15, 0.2) is 12.4 Å². The first-order valence-corrected chi connectivity index (χ1v) is 7.24. The van der Waals surface area contributed by atoms with Crippen molar-refractivity contribution in [2.24, 2.45) is 0 Å². The van der Waals surface area contributed by atoms with Gasteiger partial charge < -0.3 is 5.11 Å². The lowest BCUT2D eigenvalue weighted by Gasteiger charge is -2.18. The van der Waals surface area contributed by atoms with E-state index in [9.17, 15) is 5.11 Å². The van der Waals surface area contributed by atoms with Crippen molar-refractivity contribution in [2.75, 3.05) is 0 Å². The molecule has 2 heterocycles. The Bertz CT molecular complexity index is 541. The van der Waals surface area contributed by atoms with Gasteiger partial charge in [0.1, 0.15) is 6.10 Å². The predicted molar refractivity (Wildman–Crippen MR) is 75.2 cm³/mol. The summed E-state index contributed by atoms with van der Waals surface area (Å²) in [7, 11) is 0. The lowest BCUT2D eigenvalue weighted by Crippen LogP contribution is -2.16. The Labute approximate surface area is 117 Å². The Morgan fingerprint density at radius 1 is 1.42 bits per heavy atom. The maximum Gasteiger partial charge on any atom is 0.120 e. The van der Waals surface area contributed by atoms with Gasteiger partial charge in [-0.15, -0.1) is 5.10 Å². The van der Waals surface area contributed by atoms with E-state index in [0.717, 1.165) is 29.1 Å². The van der Waals surface area contributed by atoms with Crippen molar-refractivity contribution < 1.29 is 5.11 Å². The first-order valence-electron chi connectivity index (χ1n) is 6.46. The van der Waals surface area contributed by atoms with Crippen molar-refractivity contribution in [3.05, 3.63) is 28.5 Å². The van der Waals surface area contributed by atoms with Gasteiger partial charge in [-0.2, -0.15) is 5.10 Å². The van der Waals surface area contributed by atoms with E-state index in [-0.39, 0.29) is 5.41 Å². The fraction of sp³-hybridized carbons (Fsp3) is 0.615. The number of aryl methyl sites for hydroxylation is 1. The van der Waals surface area contributed by atoms with Crippen LogP contribution in [0.5, 0.6) is 0 Å². The Balaban J connectivity index is 2.28. The number of hydrogen-bond donors (Lipinski definition) is 1. The molecule has 2 rings (SSSR count). The number of aliphatic hydroxyl groups excluding tert-OH is 1. The molecule has 6 heteroatoms. The monoisotopic (exact) mass is 280 g/mol. The number of rotatable bonds is 4. The molecule has 0 fully saturated rings. The smallest absolute Gasteiger partial charge is 0.120 e. The van der Waals surface area contributed by atoms with Crippen molar-refractivity contribution in [3.63, 3.8) is 0 Å². The van der Waals surface area contributed by atoms with E-state index in [2.05, 4.69) is 42.4 Å². The van der Waals surface area contributed by atoms with Gasteiger partial charge in [0, 0.05) is 23.7 Å². The molecule has 5 nitrogen and oxygen atoms in total. The quantitative estimate of drug-likeness (QED) is 0.934. The van der Waals surface area contributed by atoms with E-state index in [1.807, 2.05) is 10.9 Å². The Hall–Kier alpha value is -1.27. The van der Waals surface area contributed by atoms with Crippen LogP contribution >= 0.6 is 11.5 Å². The molecule has 0 amide bonds. The second-order valence-electron chi connectivity index (χ2n) is 5.68. The predicted octanol–water partition coefficient (Wildman–Crippen LogP) is 2.52. The molecule has 0 aliphatic heterocycles. The second-order valence-corrected chi connectivity index (χ2v) is 6.46. The highest BCUT2D eigenvalue weighted by molar-refractivity contribution is 7.05. The molecule has 0 bridgehead atoms. The normalized spacial score (nSPS) is 13.7. The van der Waals surface area contributed by atoms with Crippen LogP contribution in [0.2, 0.25) is 0 Å². The van der Waals surface area contributed by atoms with Crippen molar-refractivity contribution in [3.8, 4) is 0 Å². The van der Waals surface area contributed by atoms with E-state index >= 15 is 0 Å². The summed E-state index contributed by atoms with van der Waals surface area (Å²) in [6.45, 7) is 9.17. The average Bonchev–Trinajstić information content (AvgIpc) is 2.95. The zero-order valence-electron chi connectivity index (χ0n) is 11.8. The molecule has 19 heavy (non-hydrogen) atoms. The first kappa shape index (κ1) is 14.1. The third-order valence-electron chi connectivity index (χ3n) is 2.89. The molecule has 1 unspecified atom stereocenters. The van der Waals surface area contributed by atoms with Crippen LogP contribution < -0.4 is 0 Å². The Kier molecular flexibility index (Phi) is 4.01.